The van der Waals surface area contributed by atoms with E-state index in [-0.39, 0.29) is 0 Å². The first-order valence-electron chi connectivity index (χ1n) is 10.9. The quantitative estimate of drug-likeness (QED) is 0.679. The molecule has 6 nitrogen and oxygen atoms in total. The van der Waals surface area contributed by atoms with Crippen LogP contribution in [0.25, 0.3) is 0 Å². The number of nitrogens with zero attached hydrogens (tertiary/aromatic N) is 6. The Balaban J connectivity index is 1.62. The molecule has 0 atom stereocenters. The minimum Gasteiger partial charge on any atom is -0.353 e. The van der Waals surface area contributed by atoms with E-state index in [9.17, 15) is 0 Å². The first-order valence-corrected chi connectivity index (χ1v) is 10.9. The van der Waals surface area contributed by atoms with Crippen molar-refractivity contribution >= 4 is 23.0 Å². The summed E-state index contributed by atoms with van der Waals surface area (Å²) in [5.41, 5.74) is 4.28. The molecule has 6 heteroatoms. The van der Waals surface area contributed by atoms with E-state index in [4.69, 9.17) is 9.98 Å². The number of fused-ring (bicyclic) bond motifs is 2. The molecule has 156 valence electrons. The van der Waals surface area contributed by atoms with E-state index < -0.39 is 0 Å². The summed E-state index contributed by atoms with van der Waals surface area (Å²) in [5.74, 6) is 2.10. The summed E-state index contributed by atoms with van der Waals surface area (Å²) in [6, 6.07) is 17.0. The molecular formula is C24H30N6. The second kappa shape index (κ2) is 8.20. The van der Waals surface area contributed by atoms with Crippen LogP contribution in [0, 0.1) is 0 Å². The fourth-order valence-corrected chi connectivity index (χ4v) is 4.39. The minimum atomic E-state index is 0.987. The van der Waals surface area contributed by atoms with Crippen LogP contribution in [0.5, 0.6) is 0 Å². The van der Waals surface area contributed by atoms with E-state index in [0.29, 0.717) is 0 Å². The molecule has 2 fully saturated rings. The lowest BCUT2D eigenvalue weighted by atomic mass is 10.1. The Morgan fingerprint density at radius 1 is 0.533 bits per heavy atom. The van der Waals surface area contributed by atoms with Gasteiger partial charge in [0, 0.05) is 63.5 Å². The molecule has 3 aliphatic rings. The second-order valence-electron chi connectivity index (χ2n) is 8.49. The van der Waals surface area contributed by atoms with Gasteiger partial charge in [-0.15, -0.1) is 0 Å². The molecule has 30 heavy (non-hydrogen) atoms. The van der Waals surface area contributed by atoms with Gasteiger partial charge in [0.15, 0.2) is 0 Å². The molecule has 3 heterocycles. The predicted molar refractivity (Wildman–Crippen MR) is 123 cm³/mol. The fourth-order valence-electron chi connectivity index (χ4n) is 4.39. The van der Waals surface area contributed by atoms with Crippen molar-refractivity contribution in [2.45, 2.75) is 0 Å². The Morgan fingerprint density at radius 3 is 1.30 bits per heavy atom. The van der Waals surface area contributed by atoms with Gasteiger partial charge in [-0.25, -0.2) is 9.98 Å². The zero-order chi connectivity index (χ0) is 20.5. The van der Waals surface area contributed by atoms with Crippen LogP contribution in [0.1, 0.15) is 11.1 Å². The summed E-state index contributed by atoms with van der Waals surface area (Å²) in [7, 11) is 4.38. The highest BCUT2D eigenvalue weighted by Crippen LogP contribution is 2.31. The molecule has 0 aromatic heterocycles. The van der Waals surface area contributed by atoms with Crippen molar-refractivity contribution in [3.63, 3.8) is 0 Å². The molecule has 0 bridgehead atoms. The second-order valence-corrected chi connectivity index (χ2v) is 8.49. The molecule has 0 spiro atoms. The number of rotatable bonds is 0. The zero-order valence-electron chi connectivity index (χ0n) is 18.0. The molecule has 0 amide bonds. The van der Waals surface area contributed by atoms with Gasteiger partial charge in [-0.3, -0.25) is 0 Å². The number of likely N-dealkylation sites (N-methyl/N-ethyl adjacent to an activating group) is 2. The van der Waals surface area contributed by atoms with E-state index in [2.05, 4.69) is 82.2 Å². The van der Waals surface area contributed by atoms with Crippen LogP contribution in [0.4, 0.5) is 11.4 Å². The predicted octanol–water partition coefficient (Wildman–Crippen LogP) is 2.65. The summed E-state index contributed by atoms with van der Waals surface area (Å²) in [5, 5.41) is 0. The number of aliphatic imine (C=N–C) groups is 2. The molecule has 2 saturated heterocycles. The van der Waals surface area contributed by atoms with Crippen molar-refractivity contribution < 1.29 is 0 Å². The van der Waals surface area contributed by atoms with Gasteiger partial charge in [0.1, 0.15) is 11.7 Å². The summed E-state index contributed by atoms with van der Waals surface area (Å²) >= 11 is 0. The van der Waals surface area contributed by atoms with E-state index in [0.717, 1.165) is 86.5 Å². The molecular weight excluding hydrogens is 372 g/mol. The number of para-hydroxylation sites is 2. The van der Waals surface area contributed by atoms with Gasteiger partial charge in [0.25, 0.3) is 0 Å². The van der Waals surface area contributed by atoms with Crippen molar-refractivity contribution in [2.24, 2.45) is 9.98 Å². The van der Waals surface area contributed by atoms with Gasteiger partial charge >= 0.3 is 0 Å². The molecule has 2 aromatic rings. The third kappa shape index (κ3) is 3.73. The Morgan fingerprint density at radius 2 is 0.900 bits per heavy atom. The fraction of sp³-hybridized carbons (Fsp3) is 0.417. The van der Waals surface area contributed by atoms with Gasteiger partial charge in [0.05, 0.1) is 11.4 Å². The number of hydrogen-bond acceptors (Lipinski definition) is 6. The highest BCUT2D eigenvalue weighted by molar-refractivity contribution is 6.11. The van der Waals surface area contributed by atoms with Crippen LogP contribution in [0.2, 0.25) is 0 Å². The molecule has 0 saturated carbocycles. The van der Waals surface area contributed by atoms with Crippen molar-refractivity contribution in [2.75, 3.05) is 66.5 Å². The molecule has 3 aliphatic heterocycles. The first kappa shape index (κ1) is 19.3. The lowest BCUT2D eigenvalue weighted by molar-refractivity contribution is 0.215. The highest BCUT2D eigenvalue weighted by Gasteiger charge is 2.26. The van der Waals surface area contributed by atoms with Crippen LogP contribution in [-0.4, -0.2) is 97.7 Å². The van der Waals surface area contributed by atoms with Gasteiger partial charge in [-0.2, -0.15) is 0 Å². The number of hydrogen-bond donors (Lipinski definition) is 0. The summed E-state index contributed by atoms with van der Waals surface area (Å²) in [4.78, 5) is 20.1. The third-order valence-corrected chi connectivity index (χ3v) is 6.35. The van der Waals surface area contributed by atoms with E-state index >= 15 is 0 Å². The van der Waals surface area contributed by atoms with Crippen molar-refractivity contribution in [3.05, 3.63) is 59.7 Å². The van der Waals surface area contributed by atoms with E-state index in [1.54, 1.807) is 0 Å². The average molecular weight is 403 g/mol. The third-order valence-electron chi connectivity index (χ3n) is 6.35. The molecule has 0 N–H and O–H groups in total. The standard InChI is InChI=1S/C24H30N6/c1-27-11-15-29(16-12-27)23-19-7-3-5-9-21(19)26-24(30-17-13-28(2)14-18-30)20-8-4-6-10-22(20)25-23/h3-10H,11-18H2,1-2H3. The first-order chi connectivity index (χ1) is 14.7. The van der Waals surface area contributed by atoms with Crippen LogP contribution >= 0.6 is 0 Å². The Hall–Kier alpha value is -2.70. The molecule has 5 rings (SSSR count). The monoisotopic (exact) mass is 402 g/mol. The maximum absolute atomic E-state index is 5.26. The van der Waals surface area contributed by atoms with Crippen LogP contribution in [-0.2, 0) is 0 Å². The molecule has 2 aromatic carbocycles. The van der Waals surface area contributed by atoms with Gasteiger partial charge in [0.2, 0.25) is 0 Å². The Labute approximate surface area is 179 Å². The van der Waals surface area contributed by atoms with E-state index in [1.165, 1.54) is 0 Å². The van der Waals surface area contributed by atoms with Crippen LogP contribution in [0.15, 0.2) is 58.5 Å². The summed E-state index contributed by atoms with van der Waals surface area (Å²) in [6.45, 7) is 8.16. The van der Waals surface area contributed by atoms with Crippen molar-refractivity contribution in [1.29, 1.82) is 0 Å². The normalized spacial score (nSPS) is 20.6. The van der Waals surface area contributed by atoms with Gasteiger partial charge in [-0.1, -0.05) is 24.3 Å². The minimum absolute atomic E-state index is 0.987. The maximum atomic E-state index is 5.26. The largest absolute Gasteiger partial charge is 0.353 e. The maximum Gasteiger partial charge on any atom is 0.138 e. The summed E-state index contributed by atoms with van der Waals surface area (Å²) < 4.78 is 0. The van der Waals surface area contributed by atoms with Crippen molar-refractivity contribution in [3.8, 4) is 0 Å². The van der Waals surface area contributed by atoms with Crippen molar-refractivity contribution in [1.82, 2.24) is 19.6 Å². The zero-order valence-corrected chi connectivity index (χ0v) is 18.0. The average Bonchev–Trinajstić information content (AvgIpc) is 2.77. The number of amidine groups is 2. The van der Waals surface area contributed by atoms with Gasteiger partial charge < -0.3 is 19.6 Å². The molecule has 0 aliphatic carbocycles. The summed E-state index contributed by atoms with van der Waals surface area (Å²) in [6.07, 6.45) is 0. The number of benzene rings is 2. The van der Waals surface area contributed by atoms with Gasteiger partial charge in [-0.05, 0) is 38.4 Å². The Kier molecular flexibility index (Phi) is 5.27. The van der Waals surface area contributed by atoms with Crippen LogP contribution < -0.4 is 0 Å². The topological polar surface area (TPSA) is 37.7 Å². The lowest BCUT2D eigenvalue weighted by Gasteiger charge is -2.37. The SMILES string of the molecule is CN1CCN(C2=Nc3ccccc3C(N3CCN(C)CC3)=Nc3ccccc32)CC1. The number of piperazine rings is 2. The van der Waals surface area contributed by atoms with E-state index in [1.807, 2.05) is 0 Å². The van der Waals surface area contributed by atoms with Crippen LogP contribution in [0.3, 0.4) is 0 Å². The smallest absolute Gasteiger partial charge is 0.138 e. The highest BCUT2D eigenvalue weighted by atomic mass is 15.3. The Bertz CT molecular complexity index is 886. The molecule has 0 unspecified atom stereocenters. The lowest BCUT2D eigenvalue weighted by Crippen LogP contribution is -2.48. The molecule has 0 radical (unpaired) electrons.